The van der Waals surface area contributed by atoms with E-state index in [9.17, 15) is 27.1 Å². The van der Waals surface area contributed by atoms with Crippen molar-refractivity contribution in [3.63, 3.8) is 0 Å². The quantitative estimate of drug-likeness (QED) is 0.249. The molecule has 2 nitrogen and oxygen atoms in total. The number of phenols is 1. The third-order valence-electron chi connectivity index (χ3n) is 9.38. The first-order valence-corrected chi connectivity index (χ1v) is 14.0. The Balaban J connectivity index is 1.08. The zero-order valence-electron chi connectivity index (χ0n) is 21.8. The van der Waals surface area contributed by atoms with Gasteiger partial charge < -0.3 is 9.84 Å². The Labute approximate surface area is 229 Å². The van der Waals surface area contributed by atoms with Gasteiger partial charge in [0.25, 0.3) is 0 Å². The molecule has 8 heteroatoms. The van der Waals surface area contributed by atoms with Crippen LogP contribution in [0.2, 0.25) is 0 Å². The van der Waals surface area contributed by atoms with Crippen LogP contribution in [-0.2, 0) is 4.74 Å². The topological polar surface area (TPSA) is 32.8 Å². The van der Waals surface area contributed by atoms with Gasteiger partial charge in [0, 0.05) is 16.7 Å². The van der Waals surface area contributed by atoms with Crippen molar-refractivity contribution in [1.82, 2.24) is 0 Å². The van der Waals surface area contributed by atoms with Crippen LogP contribution >= 0.6 is 0 Å². The number of aromatic hydroxyl groups is 1. The summed E-state index contributed by atoms with van der Waals surface area (Å²) in [6.45, 7) is 0.428. The SMILES string of the molecule is Oc1ccc(-c2ccc(C3CCC(C4CCC(c5ccc(C6CO6)c(F)c5F)CC4)CC3)c(F)c2F)c(F)c1F. The van der Waals surface area contributed by atoms with Crippen molar-refractivity contribution in [3.8, 4) is 16.9 Å². The summed E-state index contributed by atoms with van der Waals surface area (Å²) in [6, 6.07) is 7.99. The number of rotatable bonds is 5. The summed E-state index contributed by atoms with van der Waals surface area (Å²) < 4.78 is 92.6. The standard InChI is InChI=1S/C32H30F6O2/c33-27-20(9-11-22(29(27)35)23-13-14-25(39)32(38)30(23)36)18-5-1-16(2-6-18)17-3-7-19(8-4-17)21-10-12-24(26-15-40-26)31(37)28(21)34/h9-14,16-19,26,39H,1-8,15H2. The van der Waals surface area contributed by atoms with E-state index in [1.165, 1.54) is 12.1 Å². The molecule has 0 radical (unpaired) electrons. The summed E-state index contributed by atoms with van der Waals surface area (Å²) in [5, 5.41) is 9.32. The lowest BCUT2D eigenvalue weighted by atomic mass is 9.67. The van der Waals surface area contributed by atoms with Crippen molar-refractivity contribution in [2.45, 2.75) is 69.3 Å². The largest absolute Gasteiger partial charge is 0.505 e. The molecule has 0 spiro atoms. The Morgan fingerprint density at radius 2 is 0.900 bits per heavy atom. The molecule has 3 aromatic carbocycles. The van der Waals surface area contributed by atoms with Gasteiger partial charge in [-0.2, -0.15) is 4.39 Å². The van der Waals surface area contributed by atoms with E-state index in [1.807, 2.05) is 0 Å². The van der Waals surface area contributed by atoms with E-state index in [0.29, 0.717) is 42.4 Å². The highest BCUT2D eigenvalue weighted by atomic mass is 19.2. The first kappa shape index (κ1) is 27.2. The van der Waals surface area contributed by atoms with Gasteiger partial charge in [0.2, 0.25) is 5.82 Å². The molecule has 1 N–H and O–H groups in total. The molecule has 0 amide bonds. The molecule has 0 bridgehead atoms. The van der Waals surface area contributed by atoms with E-state index in [1.54, 1.807) is 12.1 Å². The molecule has 0 aromatic heterocycles. The maximum absolute atomic E-state index is 15.1. The Hall–Kier alpha value is -3.00. The van der Waals surface area contributed by atoms with Gasteiger partial charge in [-0.1, -0.05) is 24.3 Å². The highest BCUT2D eigenvalue weighted by Crippen LogP contribution is 2.47. The Kier molecular flexibility index (Phi) is 7.32. The normalized spacial score (nSPS) is 26.6. The Bertz CT molecular complexity index is 1420. The van der Waals surface area contributed by atoms with Crippen LogP contribution in [0.1, 0.15) is 86.0 Å². The smallest absolute Gasteiger partial charge is 0.200 e. The van der Waals surface area contributed by atoms with E-state index in [0.717, 1.165) is 50.7 Å². The van der Waals surface area contributed by atoms with Gasteiger partial charge in [-0.3, -0.25) is 0 Å². The van der Waals surface area contributed by atoms with Crippen LogP contribution in [0.4, 0.5) is 26.3 Å². The lowest BCUT2D eigenvalue weighted by Gasteiger charge is -2.38. The van der Waals surface area contributed by atoms with Gasteiger partial charge in [0.05, 0.1) is 6.61 Å². The molecule has 1 aliphatic heterocycles. The fraction of sp³-hybridized carbons (Fsp3) is 0.438. The monoisotopic (exact) mass is 560 g/mol. The molecule has 1 unspecified atom stereocenters. The predicted octanol–water partition coefficient (Wildman–Crippen LogP) is 9.21. The van der Waals surface area contributed by atoms with Crippen molar-refractivity contribution in [1.29, 1.82) is 0 Å². The summed E-state index contributed by atoms with van der Waals surface area (Å²) in [5.41, 5.74) is 0.127. The lowest BCUT2D eigenvalue weighted by Crippen LogP contribution is -2.25. The highest BCUT2D eigenvalue weighted by Gasteiger charge is 2.35. The molecular formula is C32H30F6O2. The Morgan fingerprint density at radius 3 is 1.43 bits per heavy atom. The summed E-state index contributed by atoms with van der Waals surface area (Å²) >= 11 is 0. The zero-order chi connectivity index (χ0) is 28.1. The van der Waals surface area contributed by atoms with Crippen molar-refractivity contribution >= 4 is 0 Å². The number of hydrogen-bond donors (Lipinski definition) is 1. The number of phenolic OH excluding ortho intramolecular Hbond substituents is 1. The van der Waals surface area contributed by atoms with Crippen LogP contribution in [0, 0.1) is 46.7 Å². The zero-order valence-corrected chi connectivity index (χ0v) is 21.8. The summed E-state index contributed by atoms with van der Waals surface area (Å²) in [6.07, 6.45) is 6.18. The minimum absolute atomic E-state index is 0.0151. The molecule has 1 saturated heterocycles. The molecule has 1 heterocycles. The van der Waals surface area contributed by atoms with Gasteiger partial charge in [0.1, 0.15) is 6.10 Å². The molecule has 3 aliphatic rings. The fourth-order valence-corrected chi connectivity index (χ4v) is 7.01. The molecule has 3 aromatic rings. The molecule has 3 fully saturated rings. The highest BCUT2D eigenvalue weighted by molar-refractivity contribution is 5.66. The van der Waals surface area contributed by atoms with Crippen LogP contribution in [0.3, 0.4) is 0 Å². The molecule has 212 valence electrons. The van der Waals surface area contributed by atoms with Crippen LogP contribution < -0.4 is 0 Å². The average Bonchev–Trinajstić information content (AvgIpc) is 3.81. The number of epoxide rings is 1. The maximum Gasteiger partial charge on any atom is 0.200 e. The molecule has 2 saturated carbocycles. The van der Waals surface area contributed by atoms with E-state index in [2.05, 4.69) is 0 Å². The van der Waals surface area contributed by atoms with Gasteiger partial charge in [-0.25, -0.2) is 22.0 Å². The second-order valence-corrected chi connectivity index (χ2v) is 11.5. The average molecular weight is 561 g/mol. The Morgan fingerprint density at radius 1 is 0.500 bits per heavy atom. The summed E-state index contributed by atoms with van der Waals surface area (Å²) in [7, 11) is 0. The predicted molar refractivity (Wildman–Crippen MR) is 138 cm³/mol. The minimum Gasteiger partial charge on any atom is -0.505 e. The second kappa shape index (κ2) is 10.8. The lowest BCUT2D eigenvalue weighted by molar-refractivity contribution is 0.175. The fourth-order valence-electron chi connectivity index (χ4n) is 7.01. The number of ether oxygens (including phenoxy) is 1. The van der Waals surface area contributed by atoms with Gasteiger partial charge in [0.15, 0.2) is 34.8 Å². The van der Waals surface area contributed by atoms with Crippen molar-refractivity contribution in [2.24, 2.45) is 11.8 Å². The van der Waals surface area contributed by atoms with Gasteiger partial charge in [-0.05, 0) is 98.3 Å². The van der Waals surface area contributed by atoms with Crippen molar-refractivity contribution in [3.05, 3.63) is 88.0 Å². The molecular weight excluding hydrogens is 530 g/mol. The second-order valence-electron chi connectivity index (χ2n) is 11.5. The molecule has 2 aliphatic carbocycles. The third kappa shape index (κ3) is 4.89. The van der Waals surface area contributed by atoms with Crippen molar-refractivity contribution < 1.29 is 36.2 Å². The van der Waals surface area contributed by atoms with E-state index < -0.39 is 51.8 Å². The number of benzene rings is 3. The van der Waals surface area contributed by atoms with E-state index >= 15 is 4.39 Å². The van der Waals surface area contributed by atoms with E-state index in [4.69, 9.17) is 4.74 Å². The minimum atomic E-state index is -1.51. The van der Waals surface area contributed by atoms with Crippen LogP contribution in [0.15, 0.2) is 36.4 Å². The first-order valence-electron chi connectivity index (χ1n) is 14.0. The third-order valence-corrected chi connectivity index (χ3v) is 9.38. The van der Waals surface area contributed by atoms with Gasteiger partial charge >= 0.3 is 0 Å². The summed E-state index contributed by atoms with van der Waals surface area (Å²) in [4.78, 5) is 0. The van der Waals surface area contributed by atoms with Crippen LogP contribution in [0.5, 0.6) is 5.75 Å². The summed E-state index contributed by atoms with van der Waals surface area (Å²) in [5.74, 6) is -6.97. The number of hydrogen-bond acceptors (Lipinski definition) is 2. The van der Waals surface area contributed by atoms with Crippen LogP contribution in [-0.4, -0.2) is 11.7 Å². The number of halogens is 6. The van der Waals surface area contributed by atoms with E-state index in [-0.39, 0.29) is 23.5 Å². The van der Waals surface area contributed by atoms with Crippen molar-refractivity contribution in [2.75, 3.05) is 6.61 Å². The molecule has 40 heavy (non-hydrogen) atoms. The molecule has 1 atom stereocenters. The first-order chi connectivity index (χ1) is 19.2. The maximum atomic E-state index is 15.1. The van der Waals surface area contributed by atoms with Crippen LogP contribution in [0.25, 0.3) is 11.1 Å². The van der Waals surface area contributed by atoms with Gasteiger partial charge in [-0.15, -0.1) is 0 Å². The molecule has 6 rings (SSSR count).